The van der Waals surface area contributed by atoms with Gasteiger partial charge in [0.2, 0.25) is 0 Å². The Kier molecular flexibility index (Phi) is 13.4. The second kappa shape index (κ2) is 15.3. The maximum atomic E-state index is 10.9. The van der Waals surface area contributed by atoms with Crippen molar-refractivity contribution in [3.8, 4) is 0 Å². The minimum atomic E-state index is -0.546. The molecule has 0 aliphatic carbocycles. The van der Waals surface area contributed by atoms with Gasteiger partial charge in [-0.2, -0.15) is 0 Å². The van der Waals surface area contributed by atoms with Gasteiger partial charge in [0.15, 0.2) is 5.76 Å². The number of Topliss-reactive ketones (excluding diaryl/α,β-unsaturated/α-hetero) is 2. The predicted octanol–water partition coefficient (Wildman–Crippen LogP) is 4.42. The van der Waals surface area contributed by atoms with Crippen molar-refractivity contribution in [2.45, 2.75) is 53.4 Å². The molecule has 0 amide bonds. The van der Waals surface area contributed by atoms with Crippen molar-refractivity contribution >= 4 is 47.0 Å². The normalized spacial score (nSPS) is 10.3. The fraction of sp³-hybridized carbons (Fsp3) is 0.529. The van der Waals surface area contributed by atoms with Crippen LogP contribution in [0, 0.1) is 13.8 Å². The average molecular weight is 477 g/mol. The van der Waals surface area contributed by atoms with Crippen molar-refractivity contribution in [2.24, 2.45) is 4.30 Å². The number of aromatic nitrogens is 2. The Morgan fingerprint density at radius 3 is 2.29 bits per heavy atom. The van der Waals surface area contributed by atoms with Crippen LogP contribution in [-0.2, 0) is 22.4 Å². The molecule has 7 nitrogen and oxygen atoms in total. The number of ketones is 2. The molecule has 0 atom stereocenters. The van der Waals surface area contributed by atoms with Gasteiger partial charge in [0.25, 0.3) is 0 Å². The van der Waals surface area contributed by atoms with Crippen LogP contribution in [0.15, 0.2) is 23.9 Å². The summed E-state index contributed by atoms with van der Waals surface area (Å²) in [6.07, 6.45) is 2.33. The second-order valence-electron chi connectivity index (χ2n) is 5.69. The third-order valence-electron chi connectivity index (χ3n) is 3.08. The molecule has 0 aliphatic rings. The number of carbonyl (C=O) groups excluding carboxylic acids is 2. The molecule has 154 valence electrons. The van der Waals surface area contributed by atoms with E-state index >= 15 is 0 Å². The first-order valence-electron chi connectivity index (χ1n) is 8.88. The molecule has 0 saturated heterocycles. The Morgan fingerprint density at radius 2 is 1.89 bits per heavy atom. The van der Waals surface area contributed by atoms with Crippen LogP contribution in [-0.4, -0.2) is 36.8 Å². The van der Waals surface area contributed by atoms with Crippen molar-refractivity contribution in [2.75, 3.05) is 6.01 Å². The summed E-state index contributed by atoms with van der Waals surface area (Å²) in [7, 11) is 0.810. The van der Waals surface area contributed by atoms with Gasteiger partial charge in [-0.15, -0.1) is 0 Å². The van der Waals surface area contributed by atoms with E-state index < -0.39 is 6.01 Å². The van der Waals surface area contributed by atoms with Gasteiger partial charge in [-0.05, 0) is 43.6 Å². The Morgan fingerprint density at radius 1 is 1.25 bits per heavy atom. The van der Waals surface area contributed by atoms with E-state index in [9.17, 15) is 14.0 Å². The molecule has 0 saturated carbocycles. The molecule has 2 heterocycles. The molecule has 2 aromatic heterocycles. The molecule has 0 aliphatic heterocycles. The van der Waals surface area contributed by atoms with E-state index in [0.29, 0.717) is 25.7 Å². The molecule has 28 heavy (non-hydrogen) atoms. The van der Waals surface area contributed by atoms with Crippen LogP contribution in [0.3, 0.4) is 0 Å². The Balaban J connectivity index is 0.000000430. The molecular weight excluding hydrogens is 452 g/mol. The predicted molar refractivity (Wildman–Crippen MR) is 111 cm³/mol. The van der Waals surface area contributed by atoms with Crippen LogP contribution < -0.4 is 0 Å². The van der Waals surface area contributed by atoms with E-state index in [2.05, 4.69) is 30.5 Å². The standard InChI is InChI=1S/C8H10BrNO2.C8H11NO2.CH3BFNS/c1-5(11)3-4-7-8(9)6(2)10-12-7;1-6-5-8(11-9-6)4-3-7(2)10;2-4-5-1-3/h3-4H2,1-2H3;5H,3-4H2,1-2H3;2H,1H2/i;;2D. The summed E-state index contributed by atoms with van der Waals surface area (Å²) < 4.78 is 31.1. The molecule has 2 aromatic rings. The summed E-state index contributed by atoms with van der Waals surface area (Å²) in [5, 5.41) is 7.47. The van der Waals surface area contributed by atoms with E-state index in [1.54, 1.807) is 13.8 Å². The molecule has 0 aromatic carbocycles. The van der Waals surface area contributed by atoms with Gasteiger partial charge in [0.05, 0.1) is 15.9 Å². The molecule has 0 fully saturated rings. The maximum absolute atomic E-state index is 10.9. The number of hydrogen-bond acceptors (Lipinski definition) is 8. The van der Waals surface area contributed by atoms with Crippen LogP contribution in [0.2, 0.25) is 0 Å². The van der Waals surface area contributed by atoms with E-state index in [0.717, 1.165) is 46.9 Å². The number of nitrogens with zero attached hydrogens (tertiary/aromatic N) is 3. The third-order valence-corrected chi connectivity index (χ3v) is 4.35. The monoisotopic (exact) mass is 476 g/mol. The van der Waals surface area contributed by atoms with Gasteiger partial charge in [-0.1, -0.05) is 10.3 Å². The number of hydrogen-bond donors (Lipinski definition) is 0. The van der Waals surface area contributed by atoms with Crippen LogP contribution >= 0.6 is 27.9 Å². The van der Waals surface area contributed by atoms with Gasteiger partial charge in [0.1, 0.15) is 17.3 Å². The number of halogens is 2. The van der Waals surface area contributed by atoms with Crippen LogP contribution in [0.1, 0.15) is 49.6 Å². The number of carbonyl (C=O) groups is 2. The zero-order valence-electron chi connectivity index (χ0n) is 17.3. The topological polar surface area (TPSA) is 98.6 Å². The molecule has 0 radical (unpaired) electrons. The van der Waals surface area contributed by atoms with E-state index in [4.69, 9.17) is 10.4 Å². The molecule has 2 rings (SSSR count). The third kappa shape index (κ3) is 12.7. The quantitative estimate of drug-likeness (QED) is 0.410. The number of alkyl halides is 1. The fourth-order valence-corrected chi connectivity index (χ4v) is 2.11. The van der Waals surface area contributed by atoms with E-state index in [1.165, 1.54) is 0 Å². The van der Waals surface area contributed by atoms with Crippen molar-refractivity contribution in [3.63, 3.8) is 0 Å². The summed E-state index contributed by atoms with van der Waals surface area (Å²) >= 11 is 4.06. The number of rotatable bonds is 8. The second-order valence-corrected chi connectivity index (χ2v) is 7.17. The van der Waals surface area contributed by atoms with Crippen molar-refractivity contribution in [3.05, 3.63) is 33.4 Å². The Hall–Kier alpha value is -1.62. The van der Waals surface area contributed by atoms with Crippen LogP contribution in [0.4, 0.5) is 4.39 Å². The molecule has 0 spiro atoms. The van der Waals surface area contributed by atoms with Gasteiger partial charge in [-0.25, -0.2) is 0 Å². The molecule has 0 N–H and O–H groups in total. The molecule has 11 heteroatoms. The zero-order valence-corrected chi connectivity index (χ0v) is 18.7. The summed E-state index contributed by atoms with van der Waals surface area (Å²) in [5.74, 6) is 1.88. The van der Waals surface area contributed by atoms with Gasteiger partial charge in [0, 0.05) is 31.7 Å². The van der Waals surface area contributed by atoms with Crippen molar-refractivity contribution < 1.29 is 23.0 Å². The van der Waals surface area contributed by atoms with Crippen LogP contribution in [0.25, 0.3) is 0 Å². The molecule has 0 unspecified atom stereocenters. The Labute approximate surface area is 178 Å². The summed E-state index contributed by atoms with van der Waals surface area (Å²) in [4.78, 5) is 21.2. The van der Waals surface area contributed by atoms with Crippen molar-refractivity contribution in [1.29, 1.82) is 1.34 Å². The van der Waals surface area contributed by atoms with Gasteiger partial charge in [-0.3, -0.25) is 0 Å². The molecular formula is C17H24BBrFN3O4S. The van der Waals surface area contributed by atoms with Gasteiger partial charge < -0.3 is 18.6 Å². The fourth-order valence-electron chi connectivity index (χ4n) is 1.71. The number of aryl methyl sites for hydroxylation is 4. The first-order chi connectivity index (χ1) is 13.7. The first-order valence-corrected chi connectivity index (χ1v) is 10.0. The van der Waals surface area contributed by atoms with Crippen molar-refractivity contribution in [1.82, 2.24) is 10.3 Å². The summed E-state index contributed by atoms with van der Waals surface area (Å²) in [6, 6.07) is 1.30. The SMILES string of the molecule is CC(=O)CCc1cc(C)no1.CC(=O)CCc1onc(C)c1Br.[2H]B=NSCF. The first kappa shape index (κ1) is 24.4. The van der Waals surface area contributed by atoms with E-state index in [1.807, 2.05) is 19.9 Å². The Bertz CT molecular complexity index is 789. The van der Waals surface area contributed by atoms with Gasteiger partial charge >= 0.3 is 35.6 Å². The summed E-state index contributed by atoms with van der Waals surface area (Å²) in [5.41, 5.74) is 1.69. The molecule has 0 bridgehead atoms. The minimum absolute atomic E-state index is 0.163. The van der Waals surface area contributed by atoms with Crippen LogP contribution in [0.5, 0.6) is 0 Å². The zero-order chi connectivity index (χ0) is 22.2. The summed E-state index contributed by atoms with van der Waals surface area (Å²) in [6.45, 7) is 6.85. The average Bonchev–Trinajstić information content (AvgIpc) is 3.23. The van der Waals surface area contributed by atoms with E-state index in [-0.39, 0.29) is 11.6 Å².